The Labute approximate surface area is 134 Å². The Morgan fingerprint density at radius 3 is 2.74 bits per heavy atom. The number of benzene rings is 1. The van der Waals surface area contributed by atoms with Crippen LogP contribution in [0.25, 0.3) is 16.9 Å². The van der Waals surface area contributed by atoms with Crippen molar-refractivity contribution in [2.75, 3.05) is 19.0 Å². The molecule has 0 aliphatic carbocycles. The fourth-order valence-electron chi connectivity index (χ4n) is 2.46. The zero-order valence-corrected chi connectivity index (χ0v) is 13.2. The largest absolute Gasteiger partial charge is 0.383 e. The lowest BCUT2D eigenvalue weighted by molar-refractivity contribution is 0.184. The highest BCUT2D eigenvalue weighted by molar-refractivity contribution is 5.66. The average Bonchev–Trinajstić information content (AvgIpc) is 3.03. The van der Waals surface area contributed by atoms with Gasteiger partial charge in [0.25, 0.3) is 0 Å². The molecule has 0 saturated carbocycles. The van der Waals surface area contributed by atoms with Crippen molar-refractivity contribution in [3.05, 3.63) is 48.4 Å². The zero-order chi connectivity index (χ0) is 16.2. The standard InChI is InChI=1S/C17H19FN4O/c1-3-14(11-23-2)20-17-10-15(12-4-6-13(18)7-5-12)21-16-8-9-19-22(16)17/h4-10,14,20H,3,11H2,1-2H3/t14-/m1/s1. The van der Waals surface area contributed by atoms with Crippen LogP contribution < -0.4 is 5.32 Å². The van der Waals surface area contributed by atoms with Crippen LogP contribution in [0.1, 0.15) is 13.3 Å². The first kappa shape index (κ1) is 15.4. The molecule has 0 radical (unpaired) electrons. The van der Waals surface area contributed by atoms with E-state index >= 15 is 0 Å². The molecule has 5 nitrogen and oxygen atoms in total. The summed E-state index contributed by atoms with van der Waals surface area (Å²) < 4.78 is 20.1. The van der Waals surface area contributed by atoms with Gasteiger partial charge in [0, 0.05) is 24.8 Å². The summed E-state index contributed by atoms with van der Waals surface area (Å²) in [6.07, 6.45) is 2.63. The molecule has 23 heavy (non-hydrogen) atoms. The Kier molecular flexibility index (Phi) is 4.52. The summed E-state index contributed by atoms with van der Waals surface area (Å²) in [6.45, 7) is 2.70. The summed E-state index contributed by atoms with van der Waals surface area (Å²) in [4.78, 5) is 4.58. The molecule has 1 N–H and O–H groups in total. The molecule has 0 spiro atoms. The van der Waals surface area contributed by atoms with Crippen molar-refractivity contribution in [1.82, 2.24) is 14.6 Å². The molecule has 1 atom stereocenters. The molecule has 120 valence electrons. The quantitative estimate of drug-likeness (QED) is 0.758. The first-order valence-electron chi connectivity index (χ1n) is 7.57. The summed E-state index contributed by atoms with van der Waals surface area (Å²) in [5.41, 5.74) is 2.37. The van der Waals surface area contributed by atoms with Crippen LogP contribution in [0.3, 0.4) is 0 Å². The fourth-order valence-corrected chi connectivity index (χ4v) is 2.46. The van der Waals surface area contributed by atoms with E-state index in [1.807, 2.05) is 12.1 Å². The summed E-state index contributed by atoms with van der Waals surface area (Å²) in [5, 5.41) is 7.75. The van der Waals surface area contributed by atoms with Crippen molar-refractivity contribution < 1.29 is 9.13 Å². The molecule has 0 unspecified atom stereocenters. The highest BCUT2D eigenvalue weighted by atomic mass is 19.1. The number of halogens is 1. The Bertz CT molecular complexity index is 785. The molecule has 6 heteroatoms. The molecule has 0 amide bonds. The normalized spacial score (nSPS) is 12.5. The summed E-state index contributed by atoms with van der Waals surface area (Å²) in [7, 11) is 1.68. The number of nitrogens with zero attached hydrogens (tertiary/aromatic N) is 3. The third kappa shape index (κ3) is 3.32. The van der Waals surface area contributed by atoms with Crippen LogP contribution in [0, 0.1) is 5.82 Å². The SMILES string of the molecule is CC[C@H](COC)Nc1cc(-c2ccc(F)cc2)nc2ccnn12. The molecule has 3 rings (SSSR count). The van der Waals surface area contributed by atoms with Gasteiger partial charge in [0.2, 0.25) is 0 Å². The molecular weight excluding hydrogens is 295 g/mol. The predicted octanol–water partition coefficient (Wildman–Crippen LogP) is 3.37. The third-order valence-corrected chi connectivity index (χ3v) is 3.71. The fraction of sp³-hybridized carbons (Fsp3) is 0.294. The number of hydrogen-bond acceptors (Lipinski definition) is 4. The molecule has 3 aromatic rings. The minimum Gasteiger partial charge on any atom is -0.383 e. The van der Waals surface area contributed by atoms with Gasteiger partial charge < -0.3 is 10.1 Å². The second kappa shape index (κ2) is 6.75. The number of rotatable bonds is 6. The van der Waals surface area contributed by atoms with Gasteiger partial charge in [-0.05, 0) is 30.7 Å². The molecule has 0 saturated heterocycles. The van der Waals surface area contributed by atoms with Crippen molar-refractivity contribution in [2.24, 2.45) is 0 Å². The van der Waals surface area contributed by atoms with Gasteiger partial charge in [-0.2, -0.15) is 9.61 Å². The molecule has 0 bridgehead atoms. The van der Waals surface area contributed by atoms with Crippen molar-refractivity contribution in [1.29, 1.82) is 0 Å². The minimum atomic E-state index is -0.260. The smallest absolute Gasteiger partial charge is 0.157 e. The van der Waals surface area contributed by atoms with E-state index < -0.39 is 0 Å². The maximum Gasteiger partial charge on any atom is 0.157 e. The van der Waals surface area contributed by atoms with Crippen LogP contribution in [0.4, 0.5) is 10.2 Å². The van der Waals surface area contributed by atoms with E-state index in [9.17, 15) is 4.39 Å². The van der Waals surface area contributed by atoms with Crippen molar-refractivity contribution in [3.8, 4) is 11.3 Å². The van der Waals surface area contributed by atoms with E-state index in [0.29, 0.717) is 6.61 Å². The van der Waals surface area contributed by atoms with Gasteiger partial charge in [-0.15, -0.1) is 0 Å². The number of fused-ring (bicyclic) bond motifs is 1. The molecular formula is C17H19FN4O. The minimum absolute atomic E-state index is 0.177. The van der Waals surface area contributed by atoms with E-state index in [-0.39, 0.29) is 11.9 Å². The maximum absolute atomic E-state index is 13.1. The lowest BCUT2D eigenvalue weighted by atomic mass is 10.1. The maximum atomic E-state index is 13.1. The molecule has 2 heterocycles. The van der Waals surface area contributed by atoms with Crippen LogP contribution in [0.5, 0.6) is 0 Å². The lowest BCUT2D eigenvalue weighted by Gasteiger charge is -2.18. The predicted molar refractivity (Wildman–Crippen MR) is 88.0 cm³/mol. The monoisotopic (exact) mass is 314 g/mol. The van der Waals surface area contributed by atoms with Gasteiger partial charge in [0.1, 0.15) is 11.6 Å². The number of ether oxygens (including phenoxy) is 1. The first-order chi connectivity index (χ1) is 11.2. The van der Waals surface area contributed by atoms with Crippen LogP contribution in [0.15, 0.2) is 42.6 Å². The zero-order valence-electron chi connectivity index (χ0n) is 13.2. The van der Waals surface area contributed by atoms with Crippen molar-refractivity contribution >= 4 is 11.5 Å². The Morgan fingerprint density at radius 2 is 2.04 bits per heavy atom. The van der Waals surface area contributed by atoms with Gasteiger partial charge in [0.05, 0.1) is 24.5 Å². The Hall–Kier alpha value is -2.47. The topological polar surface area (TPSA) is 51.5 Å². The average molecular weight is 314 g/mol. The number of hydrogen-bond donors (Lipinski definition) is 1. The summed E-state index contributed by atoms with van der Waals surface area (Å²) >= 11 is 0. The van der Waals surface area contributed by atoms with Crippen LogP contribution in [0.2, 0.25) is 0 Å². The highest BCUT2D eigenvalue weighted by Gasteiger charge is 2.12. The van der Waals surface area contributed by atoms with Crippen molar-refractivity contribution in [2.45, 2.75) is 19.4 Å². The van der Waals surface area contributed by atoms with E-state index in [1.54, 1.807) is 30.0 Å². The number of anilines is 1. The first-order valence-corrected chi connectivity index (χ1v) is 7.57. The molecule has 0 fully saturated rings. The lowest BCUT2D eigenvalue weighted by Crippen LogP contribution is -2.25. The van der Waals surface area contributed by atoms with Gasteiger partial charge in [0.15, 0.2) is 5.65 Å². The van der Waals surface area contributed by atoms with E-state index in [2.05, 4.69) is 22.3 Å². The molecule has 1 aromatic carbocycles. The Balaban J connectivity index is 2.02. The van der Waals surface area contributed by atoms with Gasteiger partial charge >= 0.3 is 0 Å². The van der Waals surface area contributed by atoms with E-state index in [0.717, 1.165) is 29.1 Å². The molecule has 2 aromatic heterocycles. The van der Waals surface area contributed by atoms with Crippen LogP contribution >= 0.6 is 0 Å². The highest BCUT2D eigenvalue weighted by Crippen LogP contribution is 2.23. The number of methoxy groups -OCH3 is 1. The van der Waals surface area contributed by atoms with Crippen LogP contribution in [-0.2, 0) is 4.74 Å². The second-order valence-corrected chi connectivity index (χ2v) is 5.34. The van der Waals surface area contributed by atoms with Crippen molar-refractivity contribution in [3.63, 3.8) is 0 Å². The second-order valence-electron chi connectivity index (χ2n) is 5.34. The van der Waals surface area contributed by atoms with Gasteiger partial charge in [-0.3, -0.25) is 0 Å². The summed E-state index contributed by atoms with van der Waals surface area (Å²) in [5.74, 6) is 0.576. The van der Waals surface area contributed by atoms with Gasteiger partial charge in [-0.1, -0.05) is 6.92 Å². The van der Waals surface area contributed by atoms with E-state index in [1.165, 1.54) is 12.1 Å². The molecule has 0 aliphatic heterocycles. The Morgan fingerprint density at radius 1 is 1.26 bits per heavy atom. The number of aromatic nitrogens is 3. The van der Waals surface area contributed by atoms with E-state index in [4.69, 9.17) is 4.74 Å². The molecule has 0 aliphatic rings. The third-order valence-electron chi connectivity index (χ3n) is 3.71. The number of nitrogens with one attached hydrogen (secondary N) is 1. The summed E-state index contributed by atoms with van der Waals surface area (Å²) in [6, 6.07) is 10.3. The van der Waals surface area contributed by atoms with Crippen LogP contribution in [-0.4, -0.2) is 34.4 Å². The van der Waals surface area contributed by atoms with Gasteiger partial charge in [-0.25, -0.2) is 9.37 Å².